The van der Waals surface area contributed by atoms with Gasteiger partial charge in [0.15, 0.2) is 0 Å². The van der Waals surface area contributed by atoms with Gasteiger partial charge in [-0.1, -0.05) is 0 Å². The molecule has 0 spiro atoms. The number of nitrogens with zero attached hydrogens (tertiary/aromatic N) is 4. The summed E-state index contributed by atoms with van der Waals surface area (Å²) in [5.74, 6) is 2.56. The SMILES string of the molecule is c1cc(OC2CN(c3nc(C4CC4)ns3)C2)ccn1. The number of anilines is 1. The van der Waals surface area contributed by atoms with E-state index in [4.69, 9.17) is 4.74 Å². The fraction of sp³-hybridized carbons (Fsp3) is 0.462. The Morgan fingerprint density at radius 1 is 1.21 bits per heavy atom. The van der Waals surface area contributed by atoms with E-state index in [-0.39, 0.29) is 6.10 Å². The molecule has 3 heterocycles. The van der Waals surface area contributed by atoms with Crippen LogP contribution in [-0.4, -0.2) is 33.5 Å². The standard InChI is InChI=1S/C13H14N4OS/c1-2-9(1)12-15-13(19-16-12)17-7-11(8-17)18-10-3-5-14-6-4-10/h3-6,9,11H,1-2,7-8H2. The zero-order chi connectivity index (χ0) is 12.7. The maximum absolute atomic E-state index is 5.84. The van der Waals surface area contributed by atoms with Gasteiger partial charge in [0.05, 0.1) is 13.1 Å². The Morgan fingerprint density at radius 2 is 2.00 bits per heavy atom. The zero-order valence-electron chi connectivity index (χ0n) is 10.4. The van der Waals surface area contributed by atoms with Gasteiger partial charge in [-0.25, -0.2) is 4.98 Å². The van der Waals surface area contributed by atoms with Crippen molar-refractivity contribution >= 4 is 16.7 Å². The van der Waals surface area contributed by atoms with E-state index in [9.17, 15) is 0 Å². The lowest BCUT2D eigenvalue weighted by molar-refractivity contribution is 0.167. The van der Waals surface area contributed by atoms with Gasteiger partial charge in [0.2, 0.25) is 5.13 Å². The number of hydrogen-bond acceptors (Lipinski definition) is 6. The van der Waals surface area contributed by atoms with E-state index in [0.717, 1.165) is 29.8 Å². The quantitative estimate of drug-likeness (QED) is 0.854. The second kappa shape index (κ2) is 4.45. The molecule has 0 atom stereocenters. The van der Waals surface area contributed by atoms with Crippen molar-refractivity contribution in [2.24, 2.45) is 0 Å². The highest BCUT2D eigenvalue weighted by molar-refractivity contribution is 7.09. The molecule has 1 aliphatic carbocycles. The Balaban J connectivity index is 1.34. The molecule has 1 saturated carbocycles. The lowest BCUT2D eigenvalue weighted by Gasteiger charge is -2.38. The van der Waals surface area contributed by atoms with Gasteiger partial charge in [-0.15, -0.1) is 0 Å². The molecule has 2 aromatic rings. The first-order valence-electron chi connectivity index (χ1n) is 6.54. The number of aromatic nitrogens is 3. The van der Waals surface area contributed by atoms with Gasteiger partial charge in [0, 0.05) is 29.8 Å². The van der Waals surface area contributed by atoms with Crippen LogP contribution in [0, 0.1) is 0 Å². The molecule has 19 heavy (non-hydrogen) atoms. The van der Waals surface area contributed by atoms with Gasteiger partial charge < -0.3 is 9.64 Å². The van der Waals surface area contributed by atoms with Crippen LogP contribution >= 0.6 is 11.5 Å². The van der Waals surface area contributed by atoms with Crippen molar-refractivity contribution in [3.8, 4) is 5.75 Å². The molecule has 0 bridgehead atoms. The Labute approximate surface area is 115 Å². The summed E-state index contributed by atoms with van der Waals surface area (Å²) in [4.78, 5) is 10.8. The van der Waals surface area contributed by atoms with Crippen LogP contribution in [0.4, 0.5) is 5.13 Å². The maximum atomic E-state index is 5.84. The van der Waals surface area contributed by atoms with Crippen molar-refractivity contribution in [1.29, 1.82) is 0 Å². The van der Waals surface area contributed by atoms with Crippen molar-refractivity contribution in [2.75, 3.05) is 18.0 Å². The van der Waals surface area contributed by atoms with Crippen molar-refractivity contribution < 1.29 is 4.74 Å². The minimum absolute atomic E-state index is 0.246. The smallest absolute Gasteiger partial charge is 0.205 e. The van der Waals surface area contributed by atoms with Gasteiger partial charge >= 0.3 is 0 Å². The Hall–Kier alpha value is -1.69. The Morgan fingerprint density at radius 3 is 2.74 bits per heavy atom. The lowest BCUT2D eigenvalue weighted by Crippen LogP contribution is -2.54. The van der Waals surface area contributed by atoms with Crippen molar-refractivity contribution in [3.05, 3.63) is 30.4 Å². The summed E-state index contributed by atoms with van der Waals surface area (Å²) in [7, 11) is 0. The Kier molecular flexibility index (Phi) is 2.61. The minimum atomic E-state index is 0.246. The molecule has 1 saturated heterocycles. The molecule has 0 aromatic carbocycles. The summed E-state index contributed by atoms with van der Waals surface area (Å²) in [5, 5.41) is 1.04. The lowest BCUT2D eigenvalue weighted by atomic mass is 10.2. The van der Waals surface area contributed by atoms with Crippen LogP contribution in [0.15, 0.2) is 24.5 Å². The molecule has 4 rings (SSSR count). The van der Waals surface area contributed by atoms with Gasteiger partial charge in [-0.2, -0.15) is 4.37 Å². The summed E-state index contributed by atoms with van der Waals surface area (Å²) in [6, 6.07) is 3.78. The van der Waals surface area contributed by atoms with Gasteiger partial charge in [-0.05, 0) is 25.0 Å². The molecule has 2 aromatic heterocycles. The van der Waals surface area contributed by atoms with E-state index < -0.39 is 0 Å². The first-order valence-corrected chi connectivity index (χ1v) is 7.31. The molecule has 0 amide bonds. The topological polar surface area (TPSA) is 51.1 Å². The summed E-state index contributed by atoms with van der Waals surface area (Å²) in [6.07, 6.45) is 6.25. The molecule has 2 fully saturated rings. The Bertz CT molecular complexity index is 563. The summed E-state index contributed by atoms with van der Waals surface area (Å²) >= 11 is 1.51. The van der Waals surface area contributed by atoms with Crippen LogP contribution in [-0.2, 0) is 0 Å². The predicted octanol–water partition coefficient (Wildman–Crippen LogP) is 2.08. The minimum Gasteiger partial charge on any atom is -0.487 e. The van der Waals surface area contributed by atoms with Crippen LogP contribution in [0.25, 0.3) is 0 Å². The van der Waals surface area contributed by atoms with Gasteiger partial charge in [-0.3, -0.25) is 4.98 Å². The molecule has 0 unspecified atom stereocenters. The van der Waals surface area contributed by atoms with Crippen LogP contribution < -0.4 is 9.64 Å². The molecule has 0 radical (unpaired) electrons. The number of rotatable bonds is 4. The molecule has 1 aliphatic heterocycles. The number of hydrogen-bond donors (Lipinski definition) is 0. The first kappa shape index (κ1) is 11.2. The number of ether oxygens (including phenoxy) is 1. The predicted molar refractivity (Wildman–Crippen MR) is 72.8 cm³/mol. The fourth-order valence-corrected chi connectivity index (χ4v) is 2.90. The average Bonchev–Trinajstić information content (AvgIpc) is 3.14. The molecular formula is C13H14N4OS. The fourth-order valence-electron chi connectivity index (χ4n) is 2.14. The second-order valence-corrected chi connectivity index (χ2v) is 5.77. The highest BCUT2D eigenvalue weighted by Gasteiger charge is 2.33. The van der Waals surface area contributed by atoms with Gasteiger partial charge in [0.1, 0.15) is 17.7 Å². The van der Waals surface area contributed by atoms with E-state index in [1.54, 1.807) is 12.4 Å². The van der Waals surface area contributed by atoms with Crippen molar-refractivity contribution in [2.45, 2.75) is 24.9 Å². The highest BCUT2D eigenvalue weighted by atomic mass is 32.1. The maximum Gasteiger partial charge on any atom is 0.205 e. The highest BCUT2D eigenvalue weighted by Crippen LogP contribution is 2.40. The first-order chi connectivity index (χ1) is 9.38. The molecule has 5 nitrogen and oxygen atoms in total. The van der Waals surface area contributed by atoms with Crippen LogP contribution in [0.1, 0.15) is 24.6 Å². The monoisotopic (exact) mass is 274 g/mol. The van der Waals surface area contributed by atoms with Crippen LogP contribution in [0.3, 0.4) is 0 Å². The van der Waals surface area contributed by atoms with E-state index in [0.29, 0.717) is 5.92 Å². The largest absolute Gasteiger partial charge is 0.487 e. The van der Waals surface area contributed by atoms with Crippen LogP contribution in [0.2, 0.25) is 0 Å². The van der Waals surface area contributed by atoms with E-state index in [1.807, 2.05) is 12.1 Å². The third kappa shape index (κ3) is 2.28. The molecule has 0 N–H and O–H groups in total. The molecular weight excluding hydrogens is 260 g/mol. The zero-order valence-corrected chi connectivity index (χ0v) is 11.2. The molecule has 6 heteroatoms. The third-order valence-electron chi connectivity index (χ3n) is 3.44. The summed E-state index contributed by atoms with van der Waals surface area (Å²) in [5.41, 5.74) is 0. The molecule has 2 aliphatic rings. The summed E-state index contributed by atoms with van der Waals surface area (Å²) in [6.45, 7) is 1.78. The van der Waals surface area contributed by atoms with Crippen molar-refractivity contribution in [1.82, 2.24) is 14.3 Å². The number of pyridine rings is 1. The second-order valence-electron chi connectivity index (χ2n) is 5.04. The normalized spacial score (nSPS) is 19.3. The van der Waals surface area contributed by atoms with E-state index in [2.05, 4.69) is 19.2 Å². The van der Waals surface area contributed by atoms with Crippen LogP contribution in [0.5, 0.6) is 5.75 Å². The average molecular weight is 274 g/mol. The van der Waals surface area contributed by atoms with E-state index in [1.165, 1.54) is 24.4 Å². The summed E-state index contributed by atoms with van der Waals surface area (Å²) < 4.78 is 10.3. The third-order valence-corrected chi connectivity index (χ3v) is 4.24. The van der Waals surface area contributed by atoms with Crippen molar-refractivity contribution in [3.63, 3.8) is 0 Å². The molecule has 98 valence electrons. The van der Waals surface area contributed by atoms with Gasteiger partial charge in [0.25, 0.3) is 0 Å². The van der Waals surface area contributed by atoms with E-state index >= 15 is 0 Å².